The molecule has 0 aliphatic heterocycles. The largest absolute Gasteiger partial charge is 0.364 e. The van der Waals surface area contributed by atoms with Gasteiger partial charge in [0.2, 0.25) is 0 Å². The van der Waals surface area contributed by atoms with E-state index in [1.807, 2.05) is 0 Å². The zero-order valence-electron chi connectivity index (χ0n) is 17.9. The van der Waals surface area contributed by atoms with Gasteiger partial charge in [0.1, 0.15) is 0 Å². The quantitative estimate of drug-likeness (QED) is 0.235. The number of anilines is 1. The zero-order valence-corrected chi connectivity index (χ0v) is 19.7. The summed E-state index contributed by atoms with van der Waals surface area (Å²) in [5, 5.41) is 13.0. The number of nitrogens with two attached hydrogens (primary N) is 1. The number of hydrogen-bond acceptors (Lipinski definition) is 8. The van der Waals surface area contributed by atoms with E-state index in [4.69, 9.17) is 27.0 Å². The van der Waals surface area contributed by atoms with E-state index < -0.39 is 19.4 Å². The van der Waals surface area contributed by atoms with Gasteiger partial charge in [-0.25, -0.2) is 4.68 Å². The monoisotopic (exact) mass is 482 g/mol. The second-order valence-electron chi connectivity index (χ2n) is 6.53. The van der Waals surface area contributed by atoms with E-state index in [0.717, 1.165) is 0 Å². The van der Waals surface area contributed by atoms with Gasteiger partial charge in [0.15, 0.2) is 16.6 Å². The molecule has 0 aliphatic rings. The van der Waals surface area contributed by atoms with Crippen LogP contribution in [0.4, 0.5) is 5.82 Å². The second kappa shape index (κ2) is 12.4. The van der Waals surface area contributed by atoms with Crippen LogP contribution in [0.5, 0.6) is 0 Å². The number of hydrogen-bond donors (Lipinski definition) is 3. The number of aromatic nitrogens is 3. The van der Waals surface area contributed by atoms with Crippen molar-refractivity contribution >= 4 is 42.6 Å². The minimum Gasteiger partial charge on any atom is -0.364 e. The summed E-state index contributed by atoms with van der Waals surface area (Å²) in [5.41, 5.74) is 5.69. The van der Waals surface area contributed by atoms with Crippen LogP contribution in [0, 0.1) is 0 Å². The highest BCUT2D eigenvalue weighted by Gasteiger charge is 2.23. The van der Waals surface area contributed by atoms with Gasteiger partial charge in [0, 0.05) is 12.1 Å². The third-order valence-corrected chi connectivity index (χ3v) is 6.54. The molecule has 0 unspecified atom stereocenters. The maximum atomic E-state index is 12.5. The Morgan fingerprint density at radius 3 is 2.41 bits per heavy atom. The fourth-order valence-corrected chi connectivity index (χ4v) is 4.71. The number of primary amides is 1. The number of nitrogens with zero attached hydrogens (tertiary/aromatic N) is 3. The van der Waals surface area contributed by atoms with Crippen LogP contribution in [-0.2, 0) is 20.2 Å². The van der Waals surface area contributed by atoms with Crippen molar-refractivity contribution in [2.45, 2.75) is 33.2 Å². The maximum absolute atomic E-state index is 12.5. The number of thiocarbonyl (C=S) groups is 1. The summed E-state index contributed by atoms with van der Waals surface area (Å²) in [7, 11) is -3.13. The molecule has 2 aromatic rings. The number of unbranched alkanes of at least 4 members (excludes halogenated alkanes) is 1. The highest BCUT2D eigenvalue weighted by atomic mass is 32.1. The molecule has 1 aromatic heterocycles. The van der Waals surface area contributed by atoms with Crippen molar-refractivity contribution in [3.63, 3.8) is 0 Å². The fraction of sp³-hybridized carbons (Fsp3) is 0.421. The zero-order chi connectivity index (χ0) is 23.6. The number of carbonyl (C=O) groups excluding carboxylic acids is 2. The molecule has 4 N–H and O–H groups in total. The first-order valence-corrected chi connectivity index (χ1v) is 12.2. The van der Waals surface area contributed by atoms with Crippen molar-refractivity contribution in [2.24, 2.45) is 5.73 Å². The average molecular weight is 483 g/mol. The SMILES string of the molecule is CCOP(=O)(CCCCn1nnc(C(N)=O)c1NC(=S)NC(=O)c1ccccc1)OCC. The van der Waals surface area contributed by atoms with Crippen LogP contribution >= 0.6 is 19.8 Å². The Morgan fingerprint density at radius 2 is 1.81 bits per heavy atom. The van der Waals surface area contributed by atoms with Crippen molar-refractivity contribution in [2.75, 3.05) is 24.7 Å². The van der Waals surface area contributed by atoms with Crippen LogP contribution in [0.3, 0.4) is 0 Å². The molecular formula is C19H27N6O5PS. The summed E-state index contributed by atoms with van der Waals surface area (Å²) in [6, 6.07) is 8.53. The van der Waals surface area contributed by atoms with Crippen LogP contribution in [0.1, 0.15) is 47.5 Å². The van der Waals surface area contributed by atoms with Gasteiger partial charge in [0.25, 0.3) is 11.8 Å². The van der Waals surface area contributed by atoms with E-state index in [1.54, 1.807) is 44.2 Å². The Balaban J connectivity index is 2.01. The van der Waals surface area contributed by atoms with Gasteiger partial charge in [0.05, 0.1) is 19.4 Å². The van der Waals surface area contributed by atoms with E-state index in [2.05, 4.69) is 20.9 Å². The van der Waals surface area contributed by atoms with Crippen LogP contribution < -0.4 is 16.4 Å². The van der Waals surface area contributed by atoms with E-state index >= 15 is 0 Å². The fourth-order valence-electron chi connectivity index (χ4n) is 2.79. The molecule has 0 radical (unpaired) electrons. The molecule has 0 bridgehead atoms. The van der Waals surface area contributed by atoms with E-state index in [1.165, 1.54) is 4.68 Å². The first-order chi connectivity index (χ1) is 15.3. The molecule has 0 saturated carbocycles. The summed E-state index contributed by atoms with van der Waals surface area (Å²) in [5.74, 6) is -1.05. The molecule has 0 fully saturated rings. The lowest BCUT2D eigenvalue weighted by Gasteiger charge is -2.17. The Bertz CT molecular complexity index is 974. The molecule has 0 saturated heterocycles. The van der Waals surface area contributed by atoms with Crippen molar-refractivity contribution in [1.29, 1.82) is 0 Å². The lowest BCUT2D eigenvalue weighted by atomic mass is 10.2. The molecule has 11 nitrogen and oxygen atoms in total. The lowest BCUT2D eigenvalue weighted by molar-refractivity contribution is 0.0975. The van der Waals surface area contributed by atoms with Crippen LogP contribution in [-0.4, -0.2) is 51.3 Å². The van der Waals surface area contributed by atoms with Crippen molar-refractivity contribution in [3.8, 4) is 0 Å². The van der Waals surface area contributed by atoms with Crippen LogP contribution in [0.15, 0.2) is 30.3 Å². The summed E-state index contributed by atoms with van der Waals surface area (Å²) >= 11 is 5.19. The van der Waals surface area contributed by atoms with Gasteiger partial charge in [-0.2, -0.15) is 0 Å². The second-order valence-corrected chi connectivity index (χ2v) is 9.12. The third kappa shape index (κ3) is 7.49. The number of benzene rings is 1. The maximum Gasteiger partial charge on any atom is 0.330 e. The highest BCUT2D eigenvalue weighted by molar-refractivity contribution is 7.80. The standard InChI is InChI=1S/C19H27N6O5PS/c1-3-29-31(28,30-4-2)13-9-8-12-25-17(15(16(20)26)23-24-25)21-19(32)22-18(27)14-10-6-5-7-11-14/h5-7,10-11H,3-4,8-9,12-13H2,1-2H3,(H2,20,26)(H2,21,22,27,32). The molecule has 1 heterocycles. The van der Waals surface area contributed by atoms with Gasteiger partial charge < -0.3 is 20.1 Å². The molecule has 0 aliphatic carbocycles. The molecule has 32 heavy (non-hydrogen) atoms. The molecule has 0 atom stereocenters. The molecule has 13 heteroatoms. The number of carbonyl (C=O) groups is 2. The molecule has 0 spiro atoms. The summed E-state index contributed by atoms with van der Waals surface area (Å²) in [4.78, 5) is 24.0. The van der Waals surface area contributed by atoms with Gasteiger partial charge >= 0.3 is 7.60 Å². The van der Waals surface area contributed by atoms with Gasteiger partial charge in [-0.3, -0.25) is 19.5 Å². The molecule has 2 amide bonds. The Hall–Kier alpha value is -2.66. The molecule has 2 rings (SSSR count). The number of aryl methyl sites for hydroxylation is 1. The van der Waals surface area contributed by atoms with Crippen molar-refractivity contribution in [1.82, 2.24) is 20.3 Å². The van der Waals surface area contributed by atoms with Crippen molar-refractivity contribution < 1.29 is 23.2 Å². The molecular weight excluding hydrogens is 455 g/mol. The smallest absolute Gasteiger partial charge is 0.330 e. The molecule has 174 valence electrons. The van der Waals surface area contributed by atoms with Crippen LogP contribution in [0.2, 0.25) is 0 Å². The Labute approximate surface area is 191 Å². The molecule has 1 aromatic carbocycles. The number of rotatable bonds is 12. The Morgan fingerprint density at radius 1 is 1.16 bits per heavy atom. The summed E-state index contributed by atoms with van der Waals surface area (Å²) in [6.45, 7) is 4.43. The normalized spacial score (nSPS) is 11.2. The average Bonchev–Trinajstić information content (AvgIpc) is 3.14. The predicted molar refractivity (Wildman–Crippen MR) is 124 cm³/mol. The minimum absolute atomic E-state index is 0.0397. The first-order valence-electron chi connectivity index (χ1n) is 10.1. The van der Waals surface area contributed by atoms with E-state index in [9.17, 15) is 14.2 Å². The van der Waals surface area contributed by atoms with Gasteiger partial charge in [-0.1, -0.05) is 23.4 Å². The van der Waals surface area contributed by atoms with Crippen molar-refractivity contribution in [3.05, 3.63) is 41.6 Å². The number of nitrogens with one attached hydrogen (secondary N) is 2. The minimum atomic E-state index is -3.13. The first kappa shape index (κ1) is 25.6. The third-order valence-electron chi connectivity index (χ3n) is 4.17. The van der Waals surface area contributed by atoms with Crippen LogP contribution in [0.25, 0.3) is 0 Å². The van der Waals surface area contributed by atoms with E-state index in [-0.39, 0.29) is 22.8 Å². The number of amides is 2. The Kier molecular flexibility index (Phi) is 9.92. The topological polar surface area (TPSA) is 150 Å². The summed E-state index contributed by atoms with van der Waals surface area (Å²) in [6.07, 6.45) is 1.32. The predicted octanol–water partition coefficient (Wildman–Crippen LogP) is 2.55. The summed E-state index contributed by atoms with van der Waals surface area (Å²) < 4.78 is 24.5. The lowest BCUT2D eigenvalue weighted by Crippen LogP contribution is -2.35. The van der Waals surface area contributed by atoms with Gasteiger partial charge in [-0.15, -0.1) is 5.10 Å². The highest BCUT2D eigenvalue weighted by Crippen LogP contribution is 2.48. The van der Waals surface area contributed by atoms with E-state index in [0.29, 0.717) is 38.2 Å². The van der Waals surface area contributed by atoms with Gasteiger partial charge in [-0.05, 0) is 51.0 Å².